The molecule has 0 heterocycles. The highest BCUT2D eigenvalue weighted by Gasteiger charge is 2.44. The minimum Gasteiger partial charge on any atom is -0.497 e. The van der Waals surface area contributed by atoms with Gasteiger partial charge in [-0.3, -0.25) is 0 Å². The van der Waals surface area contributed by atoms with Crippen molar-refractivity contribution in [3.63, 3.8) is 0 Å². The molecule has 0 fully saturated rings. The number of benzene rings is 5. The maximum absolute atomic E-state index is 15.6. The first-order valence-corrected chi connectivity index (χ1v) is 16.7. The highest BCUT2D eigenvalue weighted by molar-refractivity contribution is 7.79. The van der Waals surface area contributed by atoms with Crippen LogP contribution in [-0.4, -0.2) is 42.2 Å². The molecule has 5 aromatic rings. The van der Waals surface area contributed by atoms with Crippen LogP contribution < -0.4 is 20.1 Å². The summed E-state index contributed by atoms with van der Waals surface area (Å²) in [5.41, 5.74) is 0.343. The Labute approximate surface area is 269 Å². The number of hydrogen-bond acceptors (Lipinski definition) is 7. The van der Waals surface area contributed by atoms with Gasteiger partial charge in [-0.05, 0) is 53.9 Å². The third-order valence-electron chi connectivity index (χ3n) is 8.09. The van der Waals surface area contributed by atoms with Crippen molar-refractivity contribution < 1.29 is 33.8 Å². The molecule has 4 atom stereocenters. The number of carbonyl (C=O) groups is 1. The highest BCUT2D eigenvalue weighted by Crippen LogP contribution is 2.55. The predicted octanol–water partition coefficient (Wildman–Crippen LogP) is 6.47. The Hall–Kier alpha value is -4.68. The molecule has 0 aliphatic heterocycles. The van der Waals surface area contributed by atoms with Gasteiger partial charge in [0.25, 0.3) is 0 Å². The zero-order valence-electron chi connectivity index (χ0n) is 25.7. The van der Waals surface area contributed by atoms with Gasteiger partial charge >= 0.3 is 5.97 Å². The average Bonchev–Trinajstić information content (AvgIpc) is 3.13. The van der Waals surface area contributed by atoms with E-state index in [1.165, 1.54) is 7.11 Å². The molecule has 0 saturated heterocycles. The molecule has 0 aliphatic rings. The Morgan fingerprint density at radius 3 is 1.57 bits per heavy atom. The third kappa shape index (κ3) is 7.24. The Bertz CT molecular complexity index is 1680. The van der Waals surface area contributed by atoms with Crippen LogP contribution in [0.5, 0.6) is 11.5 Å². The van der Waals surface area contributed by atoms with Crippen LogP contribution in [0.3, 0.4) is 0 Å². The van der Waals surface area contributed by atoms with Gasteiger partial charge < -0.3 is 29.0 Å². The number of carbonyl (C=O) groups excluding carboxylic acids is 1. The first kappa shape index (κ1) is 32.7. The summed E-state index contributed by atoms with van der Waals surface area (Å²) in [5, 5.41) is 25.1. The molecule has 0 aliphatic carbocycles. The zero-order chi connectivity index (χ0) is 32.5. The zero-order valence-corrected chi connectivity index (χ0v) is 26.6. The minimum absolute atomic E-state index is 0.163. The molecule has 0 saturated carbocycles. The molecule has 2 N–H and O–H groups in total. The number of hydrogen-bond donors (Lipinski definition) is 2. The highest BCUT2D eigenvalue weighted by atomic mass is 31.2. The van der Waals surface area contributed by atoms with Crippen molar-refractivity contribution in [2.45, 2.75) is 30.4 Å². The normalized spacial score (nSPS) is 14.0. The lowest BCUT2D eigenvalue weighted by atomic mass is 9.96. The van der Waals surface area contributed by atoms with Crippen LogP contribution >= 0.6 is 7.14 Å². The van der Waals surface area contributed by atoms with E-state index >= 15 is 4.57 Å². The molecule has 46 heavy (non-hydrogen) atoms. The van der Waals surface area contributed by atoms with Crippen LogP contribution in [0, 0.1) is 0 Å². The Morgan fingerprint density at radius 1 is 0.630 bits per heavy atom. The lowest BCUT2D eigenvalue weighted by Crippen LogP contribution is -2.36. The summed E-state index contributed by atoms with van der Waals surface area (Å²) in [4.78, 5) is 13.4. The molecule has 0 radical (unpaired) electrons. The monoisotopic (exact) mass is 636 g/mol. The van der Waals surface area contributed by atoms with Crippen molar-refractivity contribution in [2.24, 2.45) is 0 Å². The summed E-state index contributed by atoms with van der Waals surface area (Å²) >= 11 is 0. The van der Waals surface area contributed by atoms with E-state index in [1.807, 2.05) is 42.5 Å². The molecule has 7 nitrogen and oxygen atoms in total. The molecule has 0 bridgehead atoms. The molecule has 5 aromatic carbocycles. The van der Waals surface area contributed by atoms with Crippen LogP contribution in [0.25, 0.3) is 0 Å². The van der Waals surface area contributed by atoms with Gasteiger partial charge in [0.1, 0.15) is 18.6 Å². The summed E-state index contributed by atoms with van der Waals surface area (Å²) < 4.78 is 32.1. The topological polar surface area (TPSA) is 102 Å². The van der Waals surface area contributed by atoms with E-state index < -0.39 is 37.1 Å². The average molecular weight is 637 g/mol. The SMILES string of the molecule is COc1ccc(C(=O)O[C@@H](c2ccccc2)[C@@H](O)C[C@@H]([C@@H](O)c2ccc(OC)cc2)P(=O)(c2ccccc2)c2ccccc2)cc1. The molecular weight excluding hydrogens is 599 g/mol. The number of aliphatic hydroxyl groups is 2. The van der Waals surface area contributed by atoms with E-state index in [-0.39, 0.29) is 12.0 Å². The first-order valence-electron chi connectivity index (χ1n) is 15.0. The summed E-state index contributed by atoms with van der Waals surface area (Å²) in [6, 6.07) is 40.4. The van der Waals surface area contributed by atoms with E-state index in [1.54, 1.807) is 104 Å². The van der Waals surface area contributed by atoms with Crippen molar-refractivity contribution in [2.75, 3.05) is 14.2 Å². The largest absolute Gasteiger partial charge is 0.497 e. The summed E-state index contributed by atoms with van der Waals surface area (Å²) in [7, 11) is -0.563. The van der Waals surface area contributed by atoms with Gasteiger partial charge in [-0.2, -0.15) is 0 Å². The van der Waals surface area contributed by atoms with Gasteiger partial charge in [0.15, 0.2) is 6.10 Å². The standard InChI is InChI=1S/C38H37O7P/c1-43-30-22-18-27(19-23-30)36(40)35(46(42,32-14-8-4-9-15-32)33-16-10-5-11-17-33)26-34(39)37(28-12-6-3-7-13-28)45-38(41)29-20-24-31(44-2)25-21-29/h3-25,34-37,39-40H,26H2,1-2H3/t34-,35-,36-,37-/m0/s1. The number of aliphatic hydroxyl groups excluding tert-OH is 2. The van der Waals surface area contributed by atoms with Crippen LogP contribution in [-0.2, 0) is 9.30 Å². The molecular formula is C38H37O7P. The summed E-state index contributed by atoms with van der Waals surface area (Å²) in [6.07, 6.45) is -3.89. The maximum Gasteiger partial charge on any atom is 0.338 e. The van der Waals surface area contributed by atoms with Gasteiger partial charge in [-0.1, -0.05) is 103 Å². The Balaban J connectivity index is 1.59. The molecule has 0 unspecified atom stereocenters. The Kier molecular flexibility index (Phi) is 10.7. The van der Waals surface area contributed by atoms with Crippen molar-refractivity contribution in [3.8, 4) is 11.5 Å². The molecule has 5 rings (SSSR count). The second kappa shape index (κ2) is 15.1. The number of methoxy groups -OCH3 is 2. The lowest BCUT2D eigenvalue weighted by Gasteiger charge is -2.35. The number of ether oxygens (including phenoxy) is 3. The fraction of sp³-hybridized carbons (Fsp3) is 0.184. The van der Waals surface area contributed by atoms with E-state index in [0.717, 1.165) is 0 Å². The molecule has 236 valence electrons. The van der Waals surface area contributed by atoms with Gasteiger partial charge in [-0.25, -0.2) is 4.79 Å². The van der Waals surface area contributed by atoms with E-state index in [4.69, 9.17) is 14.2 Å². The van der Waals surface area contributed by atoms with Crippen molar-refractivity contribution in [3.05, 3.63) is 156 Å². The molecule has 0 spiro atoms. The van der Waals surface area contributed by atoms with E-state index in [9.17, 15) is 15.0 Å². The Morgan fingerprint density at radius 2 is 1.09 bits per heavy atom. The number of esters is 1. The number of rotatable bonds is 13. The van der Waals surface area contributed by atoms with Gasteiger partial charge in [0.05, 0.1) is 37.6 Å². The van der Waals surface area contributed by atoms with Gasteiger partial charge in [0.2, 0.25) is 0 Å². The summed E-state index contributed by atoms with van der Waals surface area (Å²) in [5.74, 6) is 0.553. The third-order valence-corrected chi connectivity index (χ3v) is 11.6. The van der Waals surface area contributed by atoms with Crippen LogP contribution in [0.15, 0.2) is 140 Å². The molecule has 0 aromatic heterocycles. The van der Waals surface area contributed by atoms with Crippen LogP contribution in [0.2, 0.25) is 0 Å². The van der Waals surface area contributed by atoms with Gasteiger partial charge in [0, 0.05) is 10.6 Å². The van der Waals surface area contributed by atoms with E-state index in [2.05, 4.69) is 0 Å². The fourth-order valence-electron chi connectivity index (χ4n) is 5.62. The lowest BCUT2D eigenvalue weighted by molar-refractivity contribution is -0.0261. The first-order chi connectivity index (χ1) is 22.3. The quantitative estimate of drug-likeness (QED) is 0.113. The molecule has 8 heteroatoms. The van der Waals surface area contributed by atoms with Crippen molar-refractivity contribution in [1.29, 1.82) is 0 Å². The van der Waals surface area contributed by atoms with Gasteiger partial charge in [-0.15, -0.1) is 0 Å². The fourth-order valence-corrected chi connectivity index (χ4v) is 9.00. The van der Waals surface area contributed by atoms with Crippen LogP contribution in [0.1, 0.15) is 40.1 Å². The second-order valence-corrected chi connectivity index (χ2v) is 13.9. The maximum atomic E-state index is 15.6. The van der Waals surface area contributed by atoms with E-state index in [0.29, 0.717) is 33.2 Å². The second-order valence-electron chi connectivity index (χ2n) is 10.9. The summed E-state index contributed by atoms with van der Waals surface area (Å²) in [6.45, 7) is 0. The van der Waals surface area contributed by atoms with Crippen LogP contribution in [0.4, 0.5) is 0 Å². The van der Waals surface area contributed by atoms with Crippen molar-refractivity contribution >= 4 is 23.7 Å². The predicted molar refractivity (Wildman–Crippen MR) is 180 cm³/mol. The minimum atomic E-state index is -3.66. The van der Waals surface area contributed by atoms with Crippen molar-refractivity contribution in [1.82, 2.24) is 0 Å². The molecule has 0 amide bonds. The smallest absolute Gasteiger partial charge is 0.338 e.